The fourth-order valence-electron chi connectivity index (χ4n) is 3.06. The van der Waals surface area contributed by atoms with E-state index in [9.17, 15) is 22.0 Å². The van der Waals surface area contributed by atoms with Gasteiger partial charge in [0.05, 0.1) is 4.90 Å². The van der Waals surface area contributed by atoms with Gasteiger partial charge in [0.2, 0.25) is 0 Å². The number of hydroxylamine groups is 1. The van der Waals surface area contributed by atoms with Gasteiger partial charge in [0.15, 0.2) is 14.6 Å². The van der Waals surface area contributed by atoms with Crippen molar-refractivity contribution in [1.82, 2.24) is 5.48 Å². The SMILES string of the molecule is O=C(NO)C1(S(=O)(=O)c2ccc(Oc3cc(F)cc(F)c3)cc2)CCOCC1. The number of ether oxygens (including phenoxy) is 2. The van der Waals surface area contributed by atoms with Gasteiger partial charge < -0.3 is 9.47 Å². The molecule has 1 aliphatic rings. The summed E-state index contributed by atoms with van der Waals surface area (Å²) in [5, 5.41) is 9.03. The minimum atomic E-state index is -4.17. The van der Waals surface area contributed by atoms with Crippen molar-refractivity contribution in [3.05, 3.63) is 54.1 Å². The van der Waals surface area contributed by atoms with E-state index in [4.69, 9.17) is 14.7 Å². The predicted molar refractivity (Wildman–Crippen MR) is 92.8 cm³/mol. The van der Waals surface area contributed by atoms with Crippen molar-refractivity contribution >= 4 is 15.7 Å². The second kappa shape index (κ2) is 7.82. The normalized spacial score (nSPS) is 16.4. The van der Waals surface area contributed by atoms with E-state index in [1.54, 1.807) is 0 Å². The Morgan fingerprint density at radius 2 is 1.61 bits per heavy atom. The zero-order chi connectivity index (χ0) is 20.4. The molecule has 0 unspecified atom stereocenters. The zero-order valence-corrected chi connectivity index (χ0v) is 15.3. The maximum absolute atomic E-state index is 13.2. The first-order valence-electron chi connectivity index (χ1n) is 8.29. The first-order valence-corrected chi connectivity index (χ1v) is 9.78. The van der Waals surface area contributed by atoms with Crippen LogP contribution in [0.4, 0.5) is 8.78 Å². The van der Waals surface area contributed by atoms with E-state index in [-0.39, 0.29) is 42.4 Å². The molecule has 2 aromatic carbocycles. The van der Waals surface area contributed by atoms with Crippen LogP contribution >= 0.6 is 0 Å². The average molecular weight is 413 g/mol. The van der Waals surface area contributed by atoms with Gasteiger partial charge in [0, 0.05) is 31.4 Å². The summed E-state index contributed by atoms with van der Waals surface area (Å²) in [6.07, 6.45) is -0.217. The molecule has 28 heavy (non-hydrogen) atoms. The topological polar surface area (TPSA) is 102 Å². The van der Waals surface area contributed by atoms with Crippen LogP contribution in [0.15, 0.2) is 47.4 Å². The van der Waals surface area contributed by atoms with Crippen molar-refractivity contribution in [2.24, 2.45) is 0 Å². The molecule has 1 saturated heterocycles. The van der Waals surface area contributed by atoms with Gasteiger partial charge in [-0.15, -0.1) is 0 Å². The van der Waals surface area contributed by atoms with Crippen LogP contribution in [-0.2, 0) is 19.4 Å². The maximum Gasteiger partial charge on any atom is 0.265 e. The summed E-state index contributed by atoms with van der Waals surface area (Å²) < 4.78 is 61.3. The lowest BCUT2D eigenvalue weighted by molar-refractivity contribution is -0.134. The number of halogens is 2. The van der Waals surface area contributed by atoms with Gasteiger partial charge in [0.25, 0.3) is 5.91 Å². The van der Waals surface area contributed by atoms with Crippen molar-refractivity contribution in [2.45, 2.75) is 22.5 Å². The number of sulfone groups is 1. The number of nitrogens with one attached hydrogen (secondary N) is 1. The quantitative estimate of drug-likeness (QED) is 0.577. The van der Waals surface area contributed by atoms with Crippen molar-refractivity contribution in [3.63, 3.8) is 0 Å². The molecule has 7 nitrogen and oxygen atoms in total. The van der Waals surface area contributed by atoms with E-state index in [2.05, 4.69) is 0 Å². The number of benzene rings is 2. The monoisotopic (exact) mass is 413 g/mol. The molecule has 2 aromatic rings. The zero-order valence-electron chi connectivity index (χ0n) is 14.5. The Kier molecular flexibility index (Phi) is 5.64. The fraction of sp³-hybridized carbons (Fsp3) is 0.278. The van der Waals surface area contributed by atoms with Crippen LogP contribution in [0.5, 0.6) is 11.5 Å². The molecule has 150 valence electrons. The van der Waals surface area contributed by atoms with Gasteiger partial charge in [-0.25, -0.2) is 22.7 Å². The molecule has 1 heterocycles. The van der Waals surface area contributed by atoms with E-state index in [1.165, 1.54) is 29.7 Å². The van der Waals surface area contributed by atoms with Crippen LogP contribution in [0.25, 0.3) is 0 Å². The van der Waals surface area contributed by atoms with Crippen LogP contribution in [0.2, 0.25) is 0 Å². The molecule has 0 bridgehead atoms. The summed E-state index contributed by atoms with van der Waals surface area (Å²) in [6, 6.07) is 7.72. The van der Waals surface area contributed by atoms with E-state index in [0.29, 0.717) is 6.07 Å². The maximum atomic E-state index is 13.2. The molecule has 1 fully saturated rings. The molecule has 0 aromatic heterocycles. The third-order valence-corrected chi connectivity index (χ3v) is 7.05. The Morgan fingerprint density at radius 1 is 1.04 bits per heavy atom. The van der Waals surface area contributed by atoms with Gasteiger partial charge in [-0.2, -0.15) is 0 Å². The molecule has 0 spiro atoms. The van der Waals surface area contributed by atoms with Crippen molar-refractivity contribution in [1.29, 1.82) is 0 Å². The highest BCUT2D eigenvalue weighted by Gasteiger charge is 2.52. The molecule has 0 radical (unpaired) electrons. The minimum absolute atomic E-state index is 0.0545. The molecule has 1 aliphatic heterocycles. The number of hydrogen-bond acceptors (Lipinski definition) is 6. The molecule has 3 rings (SSSR count). The Labute approximate surface area is 159 Å². The third-order valence-electron chi connectivity index (χ3n) is 4.54. The van der Waals surface area contributed by atoms with Crippen LogP contribution in [0.1, 0.15) is 12.8 Å². The van der Waals surface area contributed by atoms with E-state index in [1.807, 2.05) is 0 Å². The van der Waals surface area contributed by atoms with Crippen LogP contribution in [0, 0.1) is 11.6 Å². The van der Waals surface area contributed by atoms with Gasteiger partial charge in [-0.3, -0.25) is 10.0 Å². The summed E-state index contributed by atoms with van der Waals surface area (Å²) in [4.78, 5) is 12.0. The number of amides is 1. The summed E-state index contributed by atoms with van der Waals surface area (Å²) in [5.41, 5.74) is 1.44. The molecule has 0 atom stereocenters. The van der Waals surface area contributed by atoms with Gasteiger partial charge in [-0.05, 0) is 37.1 Å². The fourth-order valence-corrected chi connectivity index (χ4v) is 5.00. The average Bonchev–Trinajstić information content (AvgIpc) is 2.67. The van der Waals surface area contributed by atoms with Gasteiger partial charge >= 0.3 is 0 Å². The Hall–Kier alpha value is -2.56. The van der Waals surface area contributed by atoms with E-state index < -0.39 is 32.1 Å². The Balaban J connectivity index is 1.89. The lowest BCUT2D eigenvalue weighted by Crippen LogP contribution is -2.54. The van der Waals surface area contributed by atoms with Crippen molar-refractivity contribution in [2.75, 3.05) is 13.2 Å². The smallest absolute Gasteiger partial charge is 0.265 e. The minimum Gasteiger partial charge on any atom is -0.457 e. The number of hydrogen-bond donors (Lipinski definition) is 2. The lowest BCUT2D eigenvalue weighted by atomic mass is 9.98. The number of carbonyl (C=O) groups is 1. The van der Waals surface area contributed by atoms with Crippen LogP contribution in [-0.4, -0.2) is 37.5 Å². The Morgan fingerprint density at radius 3 is 2.14 bits per heavy atom. The lowest BCUT2D eigenvalue weighted by Gasteiger charge is -2.34. The molecule has 2 N–H and O–H groups in total. The predicted octanol–water partition coefficient (Wildman–Crippen LogP) is 2.59. The first-order chi connectivity index (χ1) is 13.3. The molecule has 1 amide bonds. The number of rotatable bonds is 5. The molecule has 0 saturated carbocycles. The molecule has 10 heteroatoms. The highest BCUT2D eigenvalue weighted by Crippen LogP contribution is 2.36. The van der Waals surface area contributed by atoms with Gasteiger partial charge in [-0.1, -0.05) is 0 Å². The summed E-state index contributed by atoms with van der Waals surface area (Å²) in [7, 11) is -4.17. The standard InChI is InChI=1S/C18H17F2NO6S/c19-12-9-13(20)11-15(10-12)27-14-1-3-16(4-2-14)28(24,25)18(17(22)21-23)5-7-26-8-6-18/h1-4,9-11,23H,5-8H2,(H,21,22). The highest BCUT2D eigenvalue weighted by molar-refractivity contribution is 7.93. The summed E-state index contributed by atoms with van der Waals surface area (Å²) >= 11 is 0. The third kappa shape index (κ3) is 3.71. The van der Waals surface area contributed by atoms with Gasteiger partial charge in [0.1, 0.15) is 23.1 Å². The highest BCUT2D eigenvalue weighted by atomic mass is 32.2. The summed E-state index contributed by atoms with van der Waals surface area (Å²) in [5.74, 6) is -2.59. The second-order valence-electron chi connectivity index (χ2n) is 6.23. The van der Waals surface area contributed by atoms with Crippen LogP contribution < -0.4 is 10.2 Å². The van der Waals surface area contributed by atoms with Crippen molar-refractivity contribution in [3.8, 4) is 11.5 Å². The van der Waals surface area contributed by atoms with E-state index >= 15 is 0 Å². The largest absolute Gasteiger partial charge is 0.457 e. The molecular weight excluding hydrogens is 396 g/mol. The van der Waals surface area contributed by atoms with Crippen LogP contribution in [0.3, 0.4) is 0 Å². The molecular formula is C18H17F2NO6S. The number of carbonyl (C=O) groups excluding carboxylic acids is 1. The van der Waals surface area contributed by atoms with E-state index in [0.717, 1.165) is 12.1 Å². The van der Waals surface area contributed by atoms with Crippen molar-refractivity contribution < 1.29 is 36.7 Å². The Bertz CT molecular complexity index is 952. The molecule has 0 aliphatic carbocycles. The second-order valence-corrected chi connectivity index (χ2v) is 8.49. The first kappa shape index (κ1) is 20.2. The summed E-state index contributed by atoms with van der Waals surface area (Å²) in [6.45, 7) is 0.109.